The first-order valence-electron chi connectivity index (χ1n) is 13.9. The normalized spacial score (nSPS) is 15.1. The number of hydrogen-bond acceptors (Lipinski definition) is 5. The van der Waals surface area contributed by atoms with Gasteiger partial charge in [0, 0.05) is 6.54 Å². The molecule has 0 aliphatic carbocycles. The first kappa shape index (κ1) is 35.7. The molecule has 1 aromatic rings. The Labute approximate surface area is 239 Å². The first-order chi connectivity index (χ1) is 18.1. The topological polar surface area (TPSA) is 68.2 Å². The molecule has 0 heterocycles. The number of hydrogen-bond donors (Lipinski definition) is 0. The molecule has 10 heteroatoms. The molecule has 0 aliphatic rings. The fraction of sp³-hybridized carbons (Fsp3) is 0.700. The molecule has 0 fully saturated rings. The highest BCUT2D eigenvalue weighted by atomic mass is 19.4. The number of ether oxygens (including phenoxy) is 1. The highest BCUT2D eigenvalue weighted by Gasteiger charge is 2.46. The smallest absolute Gasteiger partial charge is 0.416 e. The van der Waals surface area contributed by atoms with Crippen molar-refractivity contribution in [2.24, 2.45) is 11.1 Å². The van der Waals surface area contributed by atoms with Gasteiger partial charge in [-0.2, -0.15) is 18.1 Å². The van der Waals surface area contributed by atoms with Gasteiger partial charge >= 0.3 is 19.8 Å². The lowest BCUT2D eigenvalue weighted by atomic mass is 9.65. The third kappa shape index (κ3) is 10.2. The van der Waals surface area contributed by atoms with E-state index in [0.29, 0.717) is 6.42 Å². The van der Waals surface area contributed by atoms with Crippen LogP contribution in [0.25, 0.3) is 0 Å². The molecule has 2 atom stereocenters. The van der Waals surface area contributed by atoms with Crippen molar-refractivity contribution in [3.8, 4) is 0 Å². The molecule has 0 saturated heterocycles. The first-order valence-corrected chi connectivity index (χ1v) is 13.9. The molecule has 1 rings (SSSR count). The van der Waals surface area contributed by atoms with Gasteiger partial charge in [0.2, 0.25) is 0 Å². The minimum Gasteiger partial charge on any atom is -0.444 e. The van der Waals surface area contributed by atoms with Gasteiger partial charge in [0.05, 0.1) is 16.6 Å². The second-order valence-corrected chi connectivity index (χ2v) is 13.2. The van der Waals surface area contributed by atoms with Crippen molar-refractivity contribution < 1.29 is 27.4 Å². The molecule has 40 heavy (non-hydrogen) atoms. The van der Waals surface area contributed by atoms with Crippen LogP contribution in [0.2, 0.25) is 0 Å². The fourth-order valence-corrected chi connectivity index (χ4v) is 3.96. The second-order valence-electron chi connectivity index (χ2n) is 13.2. The second kappa shape index (κ2) is 13.5. The zero-order chi connectivity index (χ0) is 31.2. The van der Waals surface area contributed by atoms with Crippen LogP contribution in [0.5, 0.6) is 0 Å². The van der Waals surface area contributed by atoms with Crippen molar-refractivity contribution >= 4 is 13.6 Å². The summed E-state index contributed by atoms with van der Waals surface area (Å²) < 4.78 is 53.3. The minimum absolute atomic E-state index is 0.189. The summed E-state index contributed by atoms with van der Waals surface area (Å²) >= 11 is 0. The van der Waals surface area contributed by atoms with E-state index in [0.717, 1.165) is 25.0 Å². The Morgan fingerprint density at radius 1 is 1.02 bits per heavy atom. The Kier molecular flexibility index (Phi) is 12.1. The van der Waals surface area contributed by atoms with Crippen LogP contribution in [0, 0.1) is 10.8 Å². The van der Waals surface area contributed by atoms with Crippen molar-refractivity contribution in [2.45, 2.75) is 124 Å². The maximum Gasteiger partial charge on any atom is 0.416 e. The molecule has 0 unspecified atom stereocenters. The molecule has 0 spiro atoms. The molecule has 0 bridgehead atoms. The summed E-state index contributed by atoms with van der Waals surface area (Å²) in [5, 5.41) is 3.21. The van der Waals surface area contributed by atoms with E-state index in [1.54, 1.807) is 61.5 Å². The van der Waals surface area contributed by atoms with Crippen molar-refractivity contribution in [2.75, 3.05) is 6.54 Å². The quantitative estimate of drug-likeness (QED) is 0.136. The zero-order valence-electron chi connectivity index (χ0n) is 26.2. The highest BCUT2D eigenvalue weighted by Crippen LogP contribution is 2.37. The number of nitrogens with zero attached hydrogens (tertiary/aromatic N) is 2. The van der Waals surface area contributed by atoms with Crippen LogP contribution in [0.4, 0.5) is 18.0 Å². The van der Waals surface area contributed by atoms with Gasteiger partial charge in [-0.3, -0.25) is 0 Å². The Bertz CT molecular complexity index is 1030. The summed E-state index contributed by atoms with van der Waals surface area (Å²) in [4.78, 5) is 26.8. The monoisotopic (exact) mass is 568 g/mol. The van der Waals surface area contributed by atoms with Gasteiger partial charge in [0.1, 0.15) is 11.1 Å². The summed E-state index contributed by atoms with van der Waals surface area (Å²) in [7, 11) is -0.189. The summed E-state index contributed by atoms with van der Waals surface area (Å²) in [5.74, 6) is 0.238. The lowest BCUT2D eigenvalue weighted by Gasteiger charge is -2.45. The van der Waals surface area contributed by atoms with Crippen LogP contribution in [0.1, 0.15) is 107 Å². The number of alkyl halides is 3. The maximum absolute atomic E-state index is 13.8. The molecule has 1 amide bonds. The molecule has 0 N–H and O–H groups in total. The molecular weight excluding hydrogens is 520 g/mol. The minimum atomic E-state index is -4.57. The summed E-state index contributed by atoms with van der Waals surface area (Å²) in [6.07, 6.45) is -0.667. The standard InChI is InChI=1S/C30H48BF3N2O4/c1-21(2)14-12-15-22(3)18-19-36(25(37)39-26(4,5)6)29(11,31-40-28(9,10)27(7,8)35-38)23-16-13-17-24(20-23)30(32,33)34/h13-14,16-17,20,22,31H,12,15,18-19H2,1-11H3/t22-,29+/m0/s1. The summed E-state index contributed by atoms with van der Waals surface area (Å²) in [6, 6.07) is 4.93. The molecular formula is C30H48BF3N2O4. The number of amides is 1. The van der Waals surface area contributed by atoms with Crippen LogP contribution in [0.15, 0.2) is 41.1 Å². The Balaban J connectivity index is 3.63. The van der Waals surface area contributed by atoms with Crippen LogP contribution < -0.4 is 0 Å². The number of carbonyl (C=O) groups excluding carboxylic acids is 1. The van der Waals surface area contributed by atoms with Gasteiger partial charge in [-0.05, 0) is 112 Å². The Morgan fingerprint density at radius 3 is 2.10 bits per heavy atom. The van der Waals surface area contributed by atoms with E-state index >= 15 is 0 Å². The fourth-order valence-electron chi connectivity index (χ4n) is 3.96. The molecule has 6 nitrogen and oxygen atoms in total. The van der Waals surface area contributed by atoms with Gasteiger partial charge in [-0.15, -0.1) is 0 Å². The number of halogens is 3. The summed E-state index contributed by atoms with van der Waals surface area (Å²) in [5.41, 5.74) is -3.77. The maximum atomic E-state index is 13.8. The highest BCUT2D eigenvalue weighted by molar-refractivity contribution is 6.33. The van der Waals surface area contributed by atoms with Crippen molar-refractivity contribution in [3.63, 3.8) is 0 Å². The molecule has 1 aromatic carbocycles. The number of carbonyl (C=O) groups is 1. The van der Waals surface area contributed by atoms with E-state index < -0.39 is 40.0 Å². The van der Waals surface area contributed by atoms with Crippen molar-refractivity contribution in [1.82, 2.24) is 4.90 Å². The van der Waals surface area contributed by atoms with E-state index in [9.17, 15) is 22.9 Å². The molecule has 0 radical (unpaired) electrons. The van der Waals surface area contributed by atoms with Gasteiger partial charge < -0.3 is 14.3 Å². The van der Waals surface area contributed by atoms with Crippen LogP contribution >= 0.6 is 0 Å². The largest absolute Gasteiger partial charge is 0.444 e. The predicted octanol–water partition coefficient (Wildman–Crippen LogP) is 8.58. The SMILES string of the molecule is CC(C)=CCC[C@H](C)CCN(C(=O)OC(C)(C)C)[C@@](C)(BOC(C)(C)C(C)(C)N=O)c1cccc(C(F)(F)F)c1. The molecule has 0 aliphatic heterocycles. The lowest BCUT2D eigenvalue weighted by Crippen LogP contribution is -2.57. The zero-order valence-corrected chi connectivity index (χ0v) is 26.2. The summed E-state index contributed by atoms with van der Waals surface area (Å²) in [6.45, 7) is 20.0. The van der Waals surface area contributed by atoms with Gasteiger partial charge in [-0.25, -0.2) is 4.79 Å². The van der Waals surface area contributed by atoms with Gasteiger partial charge in [0.25, 0.3) is 0 Å². The number of benzene rings is 1. The van der Waals surface area contributed by atoms with E-state index in [1.165, 1.54) is 16.5 Å². The van der Waals surface area contributed by atoms with Gasteiger partial charge in [0.15, 0.2) is 0 Å². The van der Waals surface area contributed by atoms with E-state index in [2.05, 4.69) is 18.2 Å². The van der Waals surface area contributed by atoms with E-state index in [4.69, 9.17) is 9.39 Å². The Morgan fingerprint density at radius 2 is 1.60 bits per heavy atom. The molecule has 226 valence electrons. The number of nitroso groups, excluding NO2 is 1. The van der Waals surface area contributed by atoms with Crippen LogP contribution in [-0.4, -0.2) is 41.8 Å². The number of allylic oxidation sites excluding steroid dienone is 2. The lowest BCUT2D eigenvalue weighted by molar-refractivity contribution is -0.137. The van der Waals surface area contributed by atoms with E-state index in [1.807, 2.05) is 13.8 Å². The van der Waals surface area contributed by atoms with Crippen molar-refractivity contribution in [1.29, 1.82) is 0 Å². The van der Waals surface area contributed by atoms with Crippen LogP contribution in [0.3, 0.4) is 0 Å². The molecule has 0 saturated carbocycles. The Hall–Kier alpha value is -2.36. The number of rotatable bonds is 13. The third-order valence-corrected chi connectivity index (χ3v) is 7.49. The third-order valence-electron chi connectivity index (χ3n) is 7.49. The average Bonchev–Trinajstić information content (AvgIpc) is 2.81. The predicted molar refractivity (Wildman–Crippen MR) is 156 cm³/mol. The van der Waals surface area contributed by atoms with E-state index in [-0.39, 0.29) is 25.5 Å². The molecule has 0 aromatic heterocycles. The average molecular weight is 569 g/mol. The van der Waals surface area contributed by atoms with Crippen LogP contribution in [-0.2, 0) is 21.0 Å². The van der Waals surface area contributed by atoms with Crippen molar-refractivity contribution in [3.05, 3.63) is 51.9 Å². The van der Waals surface area contributed by atoms with Gasteiger partial charge in [-0.1, -0.05) is 35.9 Å².